The first-order valence-corrected chi connectivity index (χ1v) is 6.23. The van der Waals surface area contributed by atoms with E-state index in [-0.39, 0.29) is 18.4 Å². The van der Waals surface area contributed by atoms with Crippen LogP contribution in [-0.4, -0.2) is 35.1 Å². The summed E-state index contributed by atoms with van der Waals surface area (Å²) in [6.45, 7) is 4.65. The van der Waals surface area contributed by atoms with E-state index in [0.717, 1.165) is 6.42 Å². The summed E-state index contributed by atoms with van der Waals surface area (Å²) in [7, 11) is 0. The molecule has 0 amide bonds. The lowest BCUT2D eigenvalue weighted by Crippen LogP contribution is -2.39. The van der Waals surface area contributed by atoms with Crippen molar-refractivity contribution in [3.63, 3.8) is 0 Å². The van der Waals surface area contributed by atoms with Gasteiger partial charge in [-0.15, -0.1) is 0 Å². The summed E-state index contributed by atoms with van der Waals surface area (Å²) in [6.07, 6.45) is 1.41. The molecule has 0 saturated heterocycles. The molecule has 0 bridgehead atoms. The summed E-state index contributed by atoms with van der Waals surface area (Å²) in [5.41, 5.74) is 0.636. The number of hydrogen-bond donors (Lipinski definition) is 1. The van der Waals surface area contributed by atoms with Crippen LogP contribution in [0, 0.1) is 5.82 Å². The molecule has 0 fully saturated rings. The summed E-state index contributed by atoms with van der Waals surface area (Å²) in [4.78, 5) is 12.7. The number of carboxylic acids is 1. The average molecular weight is 253 g/mol. The monoisotopic (exact) mass is 253 g/mol. The van der Waals surface area contributed by atoms with E-state index in [4.69, 9.17) is 5.11 Å². The molecule has 4 heteroatoms. The van der Waals surface area contributed by atoms with Gasteiger partial charge in [-0.3, -0.25) is 9.69 Å². The van der Waals surface area contributed by atoms with Crippen molar-refractivity contribution in [2.24, 2.45) is 0 Å². The molecule has 0 aliphatic carbocycles. The third-order valence-electron chi connectivity index (χ3n) is 2.95. The molecule has 0 saturated carbocycles. The highest BCUT2D eigenvalue weighted by molar-refractivity contribution is 5.69. The van der Waals surface area contributed by atoms with Gasteiger partial charge >= 0.3 is 5.97 Å². The van der Waals surface area contributed by atoms with E-state index in [1.165, 1.54) is 6.07 Å². The second kappa shape index (κ2) is 7.11. The van der Waals surface area contributed by atoms with Crippen molar-refractivity contribution in [2.75, 3.05) is 13.1 Å². The van der Waals surface area contributed by atoms with Crippen molar-refractivity contribution >= 4 is 5.97 Å². The van der Waals surface area contributed by atoms with Gasteiger partial charge in [-0.05, 0) is 37.9 Å². The first-order valence-electron chi connectivity index (χ1n) is 6.23. The van der Waals surface area contributed by atoms with Crippen molar-refractivity contribution in [2.45, 2.75) is 32.7 Å². The maximum atomic E-state index is 13.5. The molecule has 1 N–H and O–H groups in total. The smallest absolute Gasteiger partial charge is 0.317 e. The zero-order valence-electron chi connectivity index (χ0n) is 10.9. The zero-order chi connectivity index (χ0) is 13.5. The van der Waals surface area contributed by atoms with Crippen molar-refractivity contribution in [1.29, 1.82) is 0 Å². The predicted octanol–water partition coefficient (Wildman–Crippen LogP) is 2.55. The SMILES string of the molecule is CCCN(CC(=O)O)C(C)Cc1ccccc1F. The molecule has 1 atom stereocenters. The molecule has 0 heterocycles. The summed E-state index contributed by atoms with van der Waals surface area (Å²) >= 11 is 0. The van der Waals surface area contributed by atoms with Gasteiger partial charge in [-0.1, -0.05) is 25.1 Å². The van der Waals surface area contributed by atoms with Crippen LogP contribution in [0.1, 0.15) is 25.8 Å². The molecular weight excluding hydrogens is 233 g/mol. The number of nitrogens with zero attached hydrogens (tertiary/aromatic N) is 1. The minimum absolute atomic E-state index is 0.00343. The van der Waals surface area contributed by atoms with Crippen LogP contribution in [0.5, 0.6) is 0 Å². The van der Waals surface area contributed by atoms with Crippen molar-refractivity contribution in [3.05, 3.63) is 35.6 Å². The van der Waals surface area contributed by atoms with E-state index in [2.05, 4.69) is 0 Å². The van der Waals surface area contributed by atoms with Crippen LogP contribution in [0.2, 0.25) is 0 Å². The summed E-state index contributed by atoms with van der Waals surface area (Å²) < 4.78 is 13.5. The van der Waals surface area contributed by atoms with Crippen LogP contribution in [0.4, 0.5) is 4.39 Å². The highest BCUT2D eigenvalue weighted by atomic mass is 19.1. The topological polar surface area (TPSA) is 40.5 Å². The van der Waals surface area contributed by atoms with E-state index >= 15 is 0 Å². The van der Waals surface area contributed by atoms with Crippen LogP contribution in [-0.2, 0) is 11.2 Å². The molecule has 1 aromatic carbocycles. The van der Waals surface area contributed by atoms with E-state index in [1.54, 1.807) is 18.2 Å². The molecule has 0 aliphatic rings. The second-order valence-electron chi connectivity index (χ2n) is 4.51. The zero-order valence-corrected chi connectivity index (χ0v) is 10.9. The fourth-order valence-corrected chi connectivity index (χ4v) is 2.03. The highest BCUT2D eigenvalue weighted by Gasteiger charge is 2.17. The number of benzene rings is 1. The third kappa shape index (κ3) is 4.45. The van der Waals surface area contributed by atoms with Gasteiger partial charge < -0.3 is 5.11 Å². The van der Waals surface area contributed by atoms with Crippen LogP contribution in [0.15, 0.2) is 24.3 Å². The number of carboxylic acid groups (broad SMARTS) is 1. The minimum Gasteiger partial charge on any atom is -0.480 e. The minimum atomic E-state index is -0.844. The lowest BCUT2D eigenvalue weighted by molar-refractivity contribution is -0.138. The third-order valence-corrected chi connectivity index (χ3v) is 2.95. The summed E-state index contributed by atoms with van der Waals surface area (Å²) in [5, 5.41) is 8.86. The molecule has 100 valence electrons. The van der Waals surface area contributed by atoms with Gasteiger partial charge in [0, 0.05) is 6.04 Å². The maximum absolute atomic E-state index is 13.5. The highest BCUT2D eigenvalue weighted by Crippen LogP contribution is 2.12. The normalized spacial score (nSPS) is 12.7. The van der Waals surface area contributed by atoms with E-state index < -0.39 is 5.97 Å². The molecule has 0 aliphatic heterocycles. The number of hydrogen-bond acceptors (Lipinski definition) is 2. The molecule has 18 heavy (non-hydrogen) atoms. The lowest BCUT2D eigenvalue weighted by Gasteiger charge is -2.27. The second-order valence-corrected chi connectivity index (χ2v) is 4.51. The van der Waals surface area contributed by atoms with Crippen molar-refractivity contribution < 1.29 is 14.3 Å². The van der Waals surface area contributed by atoms with Gasteiger partial charge in [0.15, 0.2) is 0 Å². The Kier molecular flexibility index (Phi) is 5.78. The Labute approximate surface area is 107 Å². The van der Waals surface area contributed by atoms with Gasteiger partial charge in [0.25, 0.3) is 0 Å². The molecular formula is C14H20FNO2. The Morgan fingerprint density at radius 3 is 2.67 bits per heavy atom. The molecule has 1 unspecified atom stereocenters. The molecule has 0 spiro atoms. The van der Waals surface area contributed by atoms with Crippen LogP contribution >= 0.6 is 0 Å². The lowest BCUT2D eigenvalue weighted by atomic mass is 10.1. The number of rotatable bonds is 7. The fourth-order valence-electron chi connectivity index (χ4n) is 2.03. The molecule has 1 rings (SSSR count). The van der Waals surface area contributed by atoms with Gasteiger partial charge in [-0.2, -0.15) is 0 Å². The standard InChI is InChI=1S/C14H20FNO2/c1-3-8-16(10-14(17)18)11(2)9-12-6-4-5-7-13(12)15/h4-7,11H,3,8-10H2,1-2H3,(H,17,18). The number of halogens is 1. The Hall–Kier alpha value is -1.42. The largest absolute Gasteiger partial charge is 0.480 e. The average Bonchev–Trinajstić information content (AvgIpc) is 2.31. The van der Waals surface area contributed by atoms with Crippen LogP contribution in [0.25, 0.3) is 0 Å². The number of aliphatic carboxylic acids is 1. The van der Waals surface area contributed by atoms with Gasteiger partial charge in [0.05, 0.1) is 6.54 Å². The van der Waals surface area contributed by atoms with Gasteiger partial charge in [0.1, 0.15) is 5.82 Å². The van der Waals surface area contributed by atoms with Crippen molar-refractivity contribution in [3.8, 4) is 0 Å². The van der Waals surface area contributed by atoms with Crippen LogP contribution < -0.4 is 0 Å². The Bertz CT molecular complexity index is 395. The predicted molar refractivity (Wildman–Crippen MR) is 69.1 cm³/mol. The quantitative estimate of drug-likeness (QED) is 0.812. The molecule has 0 radical (unpaired) electrons. The van der Waals surface area contributed by atoms with Gasteiger partial charge in [-0.25, -0.2) is 4.39 Å². The molecule has 0 aromatic heterocycles. The van der Waals surface area contributed by atoms with E-state index in [1.807, 2.05) is 18.7 Å². The Balaban J connectivity index is 2.69. The molecule has 1 aromatic rings. The first-order chi connectivity index (χ1) is 8.54. The van der Waals surface area contributed by atoms with Crippen LogP contribution in [0.3, 0.4) is 0 Å². The number of carbonyl (C=O) groups is 1. The Morgan fingerprint density at radius 2 is 2.11 bits per heavy atom. The maximum Gasteiger partial charge on any atom is 0.317 e. The fraction of sp³-hybridized carbons (Fsp3) is 0.500. The van der Waals surface area contributed by atoms with Crippen molar-refractivity contribution in [1.82, 2.24) is 4.90 Å². The summed E-state index contributed by atoms with van der Waals surface area (Å²) in [5.74, 6) is -1.07. The summed E-state index contributed by atoms with van der Waals surface area (Å²) in [6, 6.07) is 6.65. The van der Waals surface area contributed by atoms with E-state index in [9.17, 15) is 9.18 Å². The molecule has 3 nitrogen and oxygen atoms in total. The van der Waals surface area contributed by atoms with E-state index in [0.29, 0.717) is 18.5 Å². The Morgan fingerprint density at radius 1 is 1.44 bits per heavy atom. The van der Waals surface area contributed by atoms with Gasteiger partial charge in [0.2, 0.25) is 0 Å². The first kappa shape index (κ1) is 14.6.